The molecule has 6 nitrogen and oxygen atoms in total. The fraction of sp³-hybridized carbons (Fsp3) is 0.500. The number of carbonyl (C=O) groups excluding carboxylic acids is 1. The highest BCUT2D eigenvalue weighted by atomic mass is 16.1. The number of hydrogen-bond donors (Lipinski definition) is 2. The van der Waals surface area contributed by atoms with Crippen molar-refractivity contribution in [2.75, 3.05) is 32.5 Å². The Morgan fingerprint density at radius 2 is 1.86 bits per heavy atom. The number of anilines is 1. The number of nitrogens with zero attached hydrogens (tertiary/aromatic N) is 3. The molecule has 0 aliphatic heterocycles. The first-order valence-corrected chi connectivity index (χ1v) is 10.3. The van der Waals surface area contributed by atoms with Crippen molar-refractivity contribution in [3.8, 4) is 11.4 Å². The van der Waals surface area contributed by atoms with Crippen LogP contribution in [0.1, 0.15) is 49.0 Å². The summed E-state index contributed by atoms with van der Waals surface area (Å²) in [6, 6.07) is 12.0. The van der Waals surface area contributed by atoms with Crippen LogP contribution in [0.3, 0.4) is 0 Å². The molecule has 1 fully saturated rings. The number of amides is 1. The van der Waals surface area contributed by atoms with Crippen LogP contribution < -0.4 is 10.6 Å². The summed E-state index contributed by atoms with van der Waals surface area (Å²) in [6.07, 6.45) is 6.99. The maximum absolute atomic E-state index is 12.7. The third kappa shape index (κ3) is 6.02. The maximum Gasteiger partial charge on any atom is 0.270 e. The van der Waals surface area contributed by atoms with E-state index < -0.39 is 0 Å². The quantitative estimate of drug-likeness (QED) is 0.684. The Morgan fingerprint density at radius 1 is 1.11 bits per heavy atom. The lowest BCUT2D eigenvalue weighted by Gasteiger charge is -2.23. The molecule has 1 amide bonds. The van der Waals surface area contributed by atoms with Gasteiger partial charge in [-0.2, -0.15) is 0 Å². The minimum absolute atomic E-state index is 0.148. The van der Waals surface area contributed by atoms with Gasteiger partial charge in [-0.25, -0.2) is 9.97 Å². The van der Waals surface area contributed by atoms with E-state index in [4.69, 9.17) is 4.98 Å². The molecule has 6 heteroatoms. The lowest BCUT2D eigenvalue weighted by Crippen LogP contribution is -2.28. The van der Waals surface area contributed by atoms with Crippen LogP contribution in [0, 0.1) is 0 Å². The van der Waals surface area contributed by atoms with Crippen molar-refractivity contribution in [2.24, 2.45) is 0 Å². The second kappa shape index (κ2) is 10.2. The monoisotopic (exact) mass is 381 g/mol. The average Bonchev–Trinajstić information content (AvgIpc) is 2.72. The molecule has 3 rings (SSSR count). The Balaban J connectivity index is 1.77. The van der Waals surface area contributed by atoms with Crippen LogP contribution in [0.5, 0.6) is 0 Å². The van der Waals surface area contributed by atoms with Gasteiger partial charge >= 0.3 is 0 Å². The van der Waals surface area contributed by atoms with E-state index in [1.807, 2.05) is 44.4 Å². The van der Waals surface area contributed by atoms with Crippen LogP contribution in [0.2, 0.25) is 0 Å². The van der Waals surface area contributed by atoms with Crippen molar-refractivity contribution in [3.63, 3.8) is 0 Å². The van der Waals surface area contributed by atoms with E-state index >= 15 is 0 Å². The topological polar surface area (TPSA) is 70.2 Å². The highest BCUT2D eigenvalue weighted by molar-refractivity contribution is 5.93. The van der Waals surface area contributed by atoms with Gasteiger partial charge in [0, 0.05) is 24.2 Å². The zero-order valence-electron chi connectivity index (χ0n) is 16.9. The summed E-state index contributed by atoms with van der Waals surface area (Å²) < 4.78 is 0. The number of rotatable bonds is 8. The molecule has 0 bridgehead atoms. The third-order valence-electron chi connectivity index (χ3n) is 5.02. The number of carbonyl (C=O) groups is 1. The molecule has 0 unspecified atom stereocenters. The Bertz CT molecular complexity index is 757. The minimum atomic E-state index is -0.148. The zero-order chi connectivity index (χ0) is 19.8. The van der Waals surface area contributed by atoms with Crippen molar-refractivity contribution in [2.45, 2.75) is 44.6 Å². The van der Waals surface area contributed by atoms with Gasteiger partial charge in [-0.1, -0.05) is 49.6 Å². The molecule has 150 valence electrons. The van der Waals surface area contributed by atoms with E-state index in [1.165, 1.54) is 19.3 Å². The summed E-state index contributed by atoms with van der Waals surface area (Å²) >= 11 is 0. The summed E-state index contributed by atoms with van der Waals surface area (Å²) in [6.45, 7) is 1.57. The normalized spacial score (nSPS) is 14.8. The Morgan fingerprint density at radius 3 is 2.57 bits per heavy atom. The molecular weight excluding hydrogens is 350 g/mol. The standard InChI is InChI=1S/C22H31N5O/c1-27(2)15-9-14-23-22(28)19-16-20(24-18-12-7-4-8-13-18)26-21(25-19)17-10-5-3-6-11-17/h3,5-6,10-11,16,18H,4,7-9,12-15H2,1-2H3,(H,23,28)(H,24,25,26). The minimum Gasteiger partial charge on any atom is -0.367 e. The summed E-state index contributed by atoms with van der Waals surface area (Å²) in [5.74, 6) is 1.17. The van der Waals surface area contributed by atoms with Crippen LogP contribution in [-0.4, -0.2) is 54.0 Å². The Labute approximate surface area is 167 Å². The van der Waals surface area contributed by atoms with Crippen LogP contribution in [0.25, 0.3) is 11.4 Å². The van der Waals surface area contributed by atoms with Crippen LogP contribution in [0.4, 0.5) is 5.82 Å². The second-order valence-corrected chi connectivity index (χ2v) is 7.72. The first-order valence-electron chi connectivity index (χ1n) is 10.3. The van der Waals surface area contributed by atoms with Gasteiger partial charge in [-0.05, 0) is 39.9 Å². The van der Waals surface area contributed by atoms with E-state index in [0.29, 0.717) is 24.1 Å². The first-order chi connectivity index (χ1) is 13.6. The van der Waals surface area contributed by atoms with Gasteiger partial charge in [0.1, 0.15) is 11.5 Å². The molecule has 0 saturated heterocycles. The lowest BCUT2D eigenvalue weighted by molar-refractivity contribution is 0.0947. The average molecular weight is 382 g/mol. The fourth-order valence-electron chi connectivity index (χ4n) is 3.50. The molecule has 2 N–H and O–H groups in total. The van der Waals surface area contributed by atoms with E-state index in [1.54, 1.807) is 6.07 Å². The van der Waals surface area contributed by atoms with Gasteiger partial charge in [-0.3, -0.25) is 4.79 Å². The number of nitrogens with one attached hydrogen (secondary N) is 2. The molecule has 28 heavy (non-hydrogen) atoms. The van der Waals surface area contributed by atoms with Crippen LogP contribution >= 0.6 is 0 Å². The van der Waals surface area contributed by atoms with Gasteiger partial charge in [0.2, 0.25) is 0 Å². The molecule has 0 spiro atoms. The molecule has 1 aromatic heterocycles. The fourth-order valence-corrected chi connectivity index (χ4v) is 3.50. The third-order valence-corrected chi connectivity index (χ3v) is 5.02. The second-order valence-electron chi connectivity index (χ2n) is 7.72. The lowest BCUT2D eigenvalue weighted by atomic mass is 9.95. The predicted molar refractivity (Wildman–Crippen MR) is 113 cm³/mol. The Hall–Kier alpha value is -2.47. The van der Waals surface area contributed by atoms with Crippen LogP contribution in [0.15, 0.2) is 36.4 Å². The van der Waals surface area contributed by atoms with Crippen molar-refractivity contribution in [1.29, 1.82) is 0 Å². The number of benzene rings is 1. The number of hydrogen-bond acceptors (Lipinski definition) is 5. The summed E-state index contributed by atoms with van der Waals surface area (Å²) in [4.78, 5) is 24.0. The summed E-state index contributed by atoms with van der Waals surface area (Å²) in [5.41, 5.74) is 1.33. The highest BCUT2D eigenvalue weighted by Gasteiger charge is 2.17. The zero-order valence-corrected chi connectivity index (χ0v) is 16.9. The molecule has 1 aliphatic carbocycles. The molecule has 2 aromatic rings. The molecule has 1 aliphatic rings. The van der Waals surface area contributed by atoms with Gasteiger partial charge in [0.25, 0.3) is 5.91 Å². The maximum atomic E-state index is 12.7. The van der Waals surface area contributed by atoms with Gasteiger partial charge in [-0.15, -0.1) is 0 Å². The van der Waals surface area contributed by atoms with Crippen molar-refractivity contribution >= 4 is 11.7 Å². The first kappa shape index (κ1) is 20.3. The SMILES string of the molecule is CN(C)CCCNC(=O)c1cc(NC2CCCCC2)nc(-c2ccccc2)n1. The molecule has 1 heterocycles. The van der Waals surface area contributed by atoms with E-state index in [0.717, 1.165) is 37.2 Å². The molecular formula is C22H31N5O. The van der Waals surface area contributed by atoms with Gasteiger partial charge < -0.3 is 15.5 Å². The van der Waals surface area contributed by atoms with Gasteiger partial charge in [0.05, 0.1) is 0 Å². The highest BCUT2D eigenvalue weighted by Crippen LogP contribution is 2.23. The van der Waals surface area contributed by atoms with E-state index in [-0.39, 0.29) is 5.91 Å². The Kier molecular flexibility index (Phi) is 7.37. The van der Waals surface area contributed by atoms with Gasteiger partial charge in [0.15, 0.2) is 5.82 Å². The molecule has 1 saturated carbocycles. The molecule has 0 atom stereocenters. The smallest absolute Gasteiger partial charge is 0.270 e. The van der Waals surface area contributed by atoms with Crippen molar-refractivity contribution in [3.05, 3.63) is 42.1 Å². The predicted octanol–water partition coefficient (Wildman–Crippen LogP) is 3.57. The molecule has 0 radical (unpaired) electrons. The number of aromatic nitrogens is 2. The van der Waals surface area contributed by atoms with E-state index in [9.17, 15) is 4.79 Å². The largest absolute Gasteiger partial charge is 0.367 e. The summed E-state index contributed by atoms with van der Waals surface area (Å²) in [5, 5.41) is 6.51. The van der Waals surface area contributed by atoms with Crippen LogP contribution in [-0.2, 0) is 0 Å². The van der Waals surface area contributed by atoms with E-state index in [2.05, 4.69) is 20.5 Å². The van der Waals surface area contributed by atoms with Crippen molar-refractivity contribution in [1.82, 2.24) is 20.2 Å². The summed E-state index contributed by atoms with van der Waals surface area (Å²) in [7, 11) is 4.06. The molecule has 1 aromatic carbocycles. The van der Waals surface area contributed by atoms with Crippen molar-refractivity contribution < 1.29 is 4.79 Å².